The number of pyridine rings is 1. The van der Waals surface area contributed by atoms with Gasteiger partial charge in [0.15, 0.2) is 0 Å². The van der Waals surface area contributed by atoms with Gasteiger partial charge in [-0.25, -0.2) is 4.98 Å². The molecule has 3 N–H and O–H groups in total. The maximum Gasteiger partial charge on any atom is 0.417 e. The molecular formula is C13H8ClF3N4. The molecule has 0 unspecified atom stereocenters. The molecule has 0 saturated heterocycles. The molecule has 0 atom stereocenters. The van der Waals surface area contributed by atoms with E-state index in [2.05, 4.69) is 10.3 Å². The van der Waals surface area contributed by atoms with E-state index >= 15 is 0 Å². The third kappa shape index (κ3) is 3.35. The molecule has 4 nitrogen and oxygen atoms in total. The van der Waals surface area contributed by atoms with Crippen LogP contribution in [0.5, 0.6) is 0 Å². The zero-order valence-electron chi connectivity index (χ0n) is 10.4. The molecule has 0 spiro atoms. The second-order valence-electron chi connectivity index (χ2n) is 4.09. The summed E-state index contributed by atoms with van der Waals surface area (Å²) in [7, 11) is 0. The summed E-state index contributed by atoms with van der Waals surface area (Å²) in [5, 5.41) is 11.5. The van der Waals surface area contributed by atoms with E-state index in [-0.39, 0.29) is 16.5 Å². The van der Waals surface area contributed by atoms with Crippen molar-refractivity contribution >= 4 is 28.8 Å². The van der Waals surface area contributed by atoms with Crippen molar-refractivity contribution in [2.45, 2.75) is 6.18 Å². The maximum atomic E-state index is 12.8. The minimum atomic E-state index is -4.62. The van der Waals surface area contributed by atoms with Crippen LogP contribution in [0.1, 0.15) is 11.1 Å². The summed E-state index contributed by atoms with van der Waals surface area (Å²) in [6.45, 7) is 0. The first-order valence-corrected chi connectivity index (χ1v) is 5.98. The van der Waals surface area contributed by atoms with Gasteiger partial charge in [0, 0.05) is 5.69 Å². The zero-order valence-corrected chi connectivity index (χ0v) is 11.1. The van der Waals surface area contributed by atoms with Gasteiger partial charge >= 0.3 is 6.18 Å². The van der Waals surface area contributed by atoms with Crippen LogP contribution in [-0.2, 0) is 6.18 Å². The fourth-order valence-corrected chi connectivity index (χ4v) is 1.86. The monoisotopic (exact) mass is 312 g/mol. The van der Waals surface area contributed by atoms with Crippen molar-refractivity contribution in [2.24, 2.45) is 0 Å². The highest BCUT2D eigenvalue weighted by Gasteiger charge is 2.33. The predicted molar refractivity (Wildman–Crippen MR) is 73.1 cm³/mol. The van der Waals surface area contributed by atoms with E-state index in [1.54, 1.807) is 0 Å². The highest BCUT2D eigenvalue weighted by Crippen LogP contribution is 2.34. The van der Waals surface area contributed by atoms with Gasteiger partial charge in [-0.2, -0.15) is 18.4 Å². The van der Waals surface area contributed by atoms with Crippen molar-refractivity contribution in [2.75, 3.05) is 11.1 Å². The number of alkyl halides is 3. The number of nitrogen functional groups attached to an aromatic ring is 1. The number of nitrogens with one attached hydrogen (secondary N) is 1. The molecule has 1 aromatic heterocycles. The van der Waals surface area contributed by atoms with Crippen LogP contribution in [0.2, 0.25) is 5.02 Å². The van der Waals surface area contributed by atoms with Gasteiger partial charge in [-0.1, -0.05) is 11.6 Å². The largest absolute Gasteiger partial charge is 0.417 e. The first kappa shape index (κ1) is 14.9. The lowest BCUT2D eigenvalue weighted by molar-refractivity contribution is -0.137. The number of hydrogen-bond acceptors (Lipinski definition) is 4. The lowest BCUT2D eigenvalue weighted by Gasteiger charge is -2.12. The number of benzene rings is 1. The zero-order chi connectivity index (χ0) is 15.6. The maximum absolute atomic E-state index is 12.8. The molecule has 1 aromatic carbocycles. The molecule has 21 heavy (non-hydrogen) atoms. The third-order valence-corrected chi connectivity index (χ3v) is 2.86. The Bertz CT molecular complexity index is 722. The van der Waals surface area contributed by atoms with E-state index in [4.69, 9.17) is 22.6 Å². The van der Waals surface area contributed by atoms with Crippen LogP contribution in [-0.4, -0.2) is 4.98 Å². The molecular weight excluding hydrogens is 305 g/mol. The van der Waals surface area contributed by atoms with Crippen LogP contribution in [0.25, 0.3) is 0 Å². The smallest absolute Gasteiger partial charge is 0.397 e. The van der Waals surface area contributed by atoms with Gasteiger partial charge in [0.1, 0.15) is 5.82 Å². The Morgan fingerprint density at radius 3 is 2.57 bits per heavy atom. The topological polar surface area (TPSA) is 74.7 Å². The summed E-state index contributed by atoms with van der Waals surface area (Å²) >= 11 is 5.89. The van der Waals surface area contributed by atoms with Gasteiger partial charge in [0.05, 0.1) is 34.1 Å². The van der Waals surface area contributed by atoms with Crippen molar-refractivity contribution in [1.82, 2.24) is 4.98 Å². The van der Waals surface area contributed by atoms with Crippen molar-refractivity contribution in [1.29, 1.82) is 5.26 Å². The summed E-state index contributed by atoms with van der Waals surface area (Å²) in [6, 6.07) is 6.17. The van der Waals surface area contributed by atoms with Crippen molar-refractivity contribution in [3.8, 4) is 6.07 Å². The molecule has 2 rings (SSSR count). The fraction of sp³-hybridized carbons (Fsp3) is 0.0769. The molecule has 8 heteroatoms. The Kier molecular flexibility index (Phi) is 3.91. The van der Waals surface area contributed by atoms with Crippen molar-refractivity contribution in [3.05, 3.63) is 46.6 Å². The number of aromatic nitrogens is 1. The summed E-state index contributed by atoms with van der Waals surface area (Å²) in [6.07, 6.45) is -3.30. The molecule has 0 aliphatic heterocycles. The van der Waals surface area contributed by atoms with Gasteiger partial charge in [-0.05, 0) is 24.3 Å². The molecule has 0 aliphatic carbocycles. The highest BCUT2D eigenvalue weighted by atomic mass is 35.5. The lowest BCUT2D eigenvalue weighted by atomic mass is 10.1. The van der Waals surface area contributed by atoms with Crippen LogP contribution in [0.4, 0.5) is 30.4 Å². The van der Waals surface area contributed by atoms with E-state index in [1.165, 1.54) is 24.4 Å². The minimum Gasteiger partial charge on any atom is -0.397 e. The van der Waals surface area contributed by atoms with Gasteiger partial charge < -0.3 is 11.1 Å². The second-order valence-corrected chi connectivity index (χ2v) is 4.50. The molecule has 0 bridgehead atoms. The van der Waals surface area contributed by atoms with Gasteiger partial charge in [-0.3, -0.25) is 0 Å². The number of halogens is 4. The molecule has 0 fully saturated rings. The Morgan fingerprint density at radius 1 is 1.29 bits per heavy atom. The highest BCUT2D eigenvalue weighted by molar-refractivity contribution is 6.33. The average Bonchev–Trinajstić information content (AvgIpc) is 2.41. The first-order valence-electron chi connectivity index (χ1n) is 5.60. The van der Waals surface area contributed by atoms with E-state index in [0.717, 1.165) is 12.1 Å². The molecule has 0 aliphatic rings. The Balaban J connectivity index is 2.40. The van der Waals surface area contributed by atoms with E-state index in [9.17, 15) is 13.2 Å². The van der Waals surface area contributed by atoms with E-state index in [1.807, 2.05) is 0 Å². The first-order chi connectivity index (χ1) is 9.81. The van der Waals surface area contributed by atoms with Crippen molar-refractivity contribution in [3.63, 3.8) is 0 Å². The van der Waals surface area contributed by atoms with Crippen LogP contribution in [0.15, 0.2) is 30.5 Å². The van der Waals surface area contributed by atoms with E-state index < -0.39 is 17.3 Å². The number of nitriles is 1. The van der Waals surface area contributed by atoms with Crippen LogP contribution < -0.4 is 11.1 Å². The lowest BCUT2D eigenvalue weighted by Crippen LogP contribution is -2.08. The predicted octanol–water partition coefficient (Wildman–Crippen LogP) is 3.95. The normalized spacial score (nSPS) is 11.0. The number of nitrogens with zero attached hydrogens (tertiary/aromatic N) is 2. The quantitative estimate of drug-likeness (QED) is 0.880. The molecule has 0 amide bonds. The Hall–Kier alpha value is -2.46. The average molecular weight is 313 g/mol. The van der Waals surface area contributed by atoms with Gasteiger partial charge in [0.25, 0.3) is 0 Å². The second kappa shape index (κ2) is 5.50. The fourth-order valence-electron chi connectivity index (χ4n) is 1.64. The minimum absolute atomic E-state index is 0.112. The van der Waals surface area contributed by atoms with Crippen LogP contribution in [0.3, 0.4) is 0 Å². The summed E-state index contributed by atoms with van der Waals surface area (Å²) in [5.41, 5.74) is 4.45. The number of nitrogens with two attached hydrogens (primary N) is 1. The SMILES string of the molecule is N#Cc1ccc(Nc2ncc(N)cc2Cl)cc1C(F)(F)F. The standard InChI is InChI=1S/C13H8ClF3N4/c14-11-3-8(19)6-20-12(11)21-9-2-1-7(5-18)10(4-9)13(15,16)17/h1-4,6H,19H2,(H,20,21). The Labute approximate surface area is 123 Å². The molecule has 0 radical (unpaired) electrons. The Morgan fingerprint density at radius 2 is 2.00 bits per heavy atom. The van der Waals surface area contributed by atoms with E-state index in [0.29, 0.717) is 5.69 Å². The molecule has 1 heterocycles. The van der Waals surface area contributed by atoms with Crippen molar-refractivity contribution < 1.29 is 13.2 Å². The van der Waals surface area contributed by atoms with Crippen LogP contribution >= 0.6 is 11.6 Å². The number of rotatable bonds is 2. The third-order valence-electron chi connectivity index (χ3n) is 2.57. The van der Waals surface area contributed by atoms with Gasteiger partial charge in [-0.15, -0.1) is 0 Å². The summed E-state index contributed by atoms with van der Waals surface area (Å²) in [4.78, 5) is 3.89. The number of anilines is 3. The van der Waals surface area contributed by atoms with Crippen LogP contribution in [0, 0.1) is 11.3 Å². The molecule has 0 saturated carbocycles. The number of hydrogen-bond donors (Lipinski definition) is 2. The molecule has 2 aromatic rings. The van der Waals surface area contributed by atoms with Gasteiger partial charge in [0.2, 0.25) is 0 Å². The molecule has 108 valence electrons. The summed E-state index contributed by atoms with van der Waals surface area (Å²) in [5.74, 6) is 0.170. The summed E-state index contributed by atoms with van der Waals surface area (Å²) < 4.78 is 38.5.